The number of nitrogens with one attached hydrogen (secondary N) is 2. The van der Waals surface area contributed by atoms with E-state index in [0.717, 1.165) is 23.7 Å². The second-order valence-corrected chi connectivity index (χ2v) is 8.58. The van der Waals surface area contributed by atoms with E-state index in [0.29, 0.717) is 11.3 Å². The molecule has 0 aliphatic carbocycles. The molecule has 0 aromatic heterocycles. The summed E-state index contributed by atoms with van der Waals surface area (Å²) in [5.74, 6) is -1.42. The number of hydrogen-bond donors (Lipinski definition) is 2. The topological polar surface area (TPSA) is 81.8 Å². The Bertz CT molecular complexity index is 1020. The van der Waals surface area contributed by atoms with Crippen molar-refractivity contribution in [3.05, 3.63) is 59.9 Å². The molecule has 0 bridgehead atoms. The van der Waals surface area contributed by atoms with E-state index < -0.39 is 35.7 Å². The van der Waals surface area contributed by atoms with Crippen molar-refractivity contribution >= 4 is 29.2 Å². The van der Waals surface area contributed by atoms with Gasteiger partial charge in [-0.05, 0) is 61.2 Å². The number of carbonyl (C=O) groups excluding carboxylic acids is 3. The van der Waals surface area contributed by atoms with E-state index in [1.807, 2.05) is 24.3 Å². The van der Waals surface area contributed by atoms with Crippen molar-refractivity contribution in [2.24, 2.45) is 0 Å². The Morgan fingerprint density at radius 1 is 1.00 bits per heavy atom. The maximum atomic E-state index is 13.3. The lowest BCUT2D eigenvalue weighted by molar-refractivity contribution is -0.134. The molecule has 2 heterocycles. The molecule has 8 heteroatoms. The summed E-state index contributed by atoms with van der Waals surface area (Å²) in [6.45, 7) is 3.43. The van der Waals surface area contributed by atoms with Crippen LogP contribution >= 0.6 is 0 Å². The molecule has 174 valence electrons. The van der Waals surface area contributed by atoms with Crippen molar-refractivity contribution in [1.29, 1.82) is 0 Å². The summed E-state index contributed by atoms with van der Waals surface area (Å²) in [6, 6.07) is 12.4. The van der Waals surface area contributed by atoms with Crippen molar-refractivity contribution in [3.63, 3.8) is 0 Å². The van der Waals surface area contributed by atoms with Crippen molar-refractivity contribution in [3.8, 4) is 0 Å². The van der Waals surface area contributed by atoms with Crippen LogP contribution in [0.4, 0.5) is 20.6 Å². The molecule has 7 nitrogen and oxygen atoms in total. The molecule has 1 unspecified atom stereocenters. The number of carbonyl (C=O) groups is 3. The summed E-state index contributed by atoms with van der Waals surface area (Å²) in [5.41, 5.74) is 0.901. The minimum absolute atomic E-state index is 0.277. The van der Waals surface area contributed by atoms with Crippen LogP contribution in [0.1, 0.15) is 44.6 Å². The lowest BCUT2D eigenvalue weighted by Gasteiger charge is -2.25. The van der Waals surface area contributed by atoms with Crippen molar-refractivity contribution in [1.82, 2.24) is 10.2 Å². The molecule has 4 amide bonds. The first-order valence-corrected chi connectivity index (χ1v) is 11.5. The molecule has 33 heavy (non-hydrogen) atoms. The predicted octanol–water partition coefficient (Wildman–Crippen LogP) is 4.00. The number of benzene rings is 2. The molecular weight excluding hydrogens is 423 g/mol. The highest BCUT2D eigenvalue weighted by Crippen LogP contribution is 2.32. The molecule has 1 atom stereocenters. The van der Waals surface area contributed by atoms with Gasteiger partial charge in [-0.25, -0.2) is 9.18 Å². The highest BCUT2D eigenvalue weighted by molar-refractivity contribution is 6.10. The van der Waals surface area contributed by atoms with Gasteiger partial charge in [-0.2, -0.15) is 0 Å². The predicted molar refractivity (Wildman–Crippen MR) is 124 cm³/mol. The van der Waals surface area contributed by atoms with E-state index in [-0.39, 0.29) is 6.42 Å². The minimum atomic E-state index is -1.31. The molecule has 2 aromatic rings. The van der Waals surface area contributed by atoms with Gasteiger partial charge in [0, 0.05) is 24.5 Å². The fraction of sp³-hybridized carbons (Fsp3) is 0.400. The Balaban J connectivity index is 1.41. The first kappa shape index (κ1) is 22.8. The summed E-state index contributed by atoms with van der Waals surface area (Å²) < 4.78 is 13.3. The third-order valence-corrected chi connectivity index (χ3v) is 6.47. The van der Waals surface area contributed by atoms with E-state index in [1.165, 1.54) is 49.9 Å². The number of anilines is 2. The number of rotatable bonds is 6. The Morgan fingerprint density at radius 2 is 1.64 bits per heavy atom. The summed E-state index contributed by atoms with van der Waals surface area (Å²) in [5, 5.41) is 5.46. The van der Waals surface area contributed by atoms with Crippen LogP contribution in [0.15, 0.2) is 48.5 Å². The monoisotopic (exact) mass is 452 g/mol. The molecule has 4 rings (SSSR count). The van der Waals surface area contributed by atoms with Gasteiger partial charge in [-0.15, -0.1) is 0 Å². The smallest absolute Gasteiger partial charge is 0.325 e. The quantitative estimate of drug-likeness (QED) is 0.649. The maximum absolute atomic E-state index is 13.3. The molecule has 0 spiro atoms. The van der Waals surface area contributed by atoms with E-state index in [9.17, 15) is 18.8 Å². The summed E-state index contributed by atoms with van der Waals surface area (Å²) in [4.78, 5) is 41.6. The average Bonchev–Trinajstić information content (AvgIpc) is 2.99. The highest BCUT2D eigenvalue weighted by Gasteiger charge is 2.51. The zero-order valence-corrected chi connectivity index (χ0v) is 18.8. The first-order chi connectivity index (χ1) is 15.9. The van der Waals surface area contributed by atoms with Crippen LogP contribution in [0.2, 0.25) is 0 Å². The minimum Gasteiger partial charge on any atom is -0.372 e. The van der Waals surface area contributed by atoms with Gasteiger partial charge >= 0.3 is 6.03 Å². The van der Waals surface area contributed by atoms with E-state index >= 15 is 0 Å². The molecule has 2 saturated heterocycles. The molecule has 2 fully saturated rings. The van der Waals surface area contributed by atoms with Crippen molar-refractivity contribution < 1.29 is 18.8 Å². The van der Waals surface area contributed by atoms with Crippen LogP contribution in [0.25, 0.3) is 0 Å². The summed E-state index contributed by atoms with van der Waals surface area (Å²) >= 11 is 0. The van der Waals surface area contributed by atoms with Crippen molar-refractivity contribution in [2.45, 2.75) is 44.6 Å². The van der Waals surface area contributed by atoms with Gasteiger partial charge in [-0.3, -0.25) is 14.5 Å². The molecule has 2 aliphatic heterocycles. The molecule has 2 N–H and O–H groups in total. The average molecular weight is 453 g/mol. The highest BCUT2D eigenvalue weighted by atomic mass is 19.1. The van der Waals surface area contributed by atoms with Gasteiger partial charge in [-0.1, -0.05) is 31.9 Å². The number of imide groups is 1. The molecule has 2 aliphatic rings. The molecule has 2 aromatic carbocycles. The zero-order valence-electron chi connectivity index (χ0n) is 18.8. The molecular formula is C25H29FN4O3. The van der Waals surface area contributed by atoms with Gasteiger partial charge in [0.2, 0.25) is 5.91 Å². The SMILES string of the molecule is CCC1(c2ccc(F)cc2)NC(=O)N(CC(=O)Nc2ccc(N3CCCCCC3)cc2)C1=O. The largest absolute Gasteiger partial charge is 0.372 e. The van der Waals surface area contributed by atoms with Gasteiger partial charge < -0.3 is 15.5 Å². The number of halogens is 1. The third kappa shape index (κ3) is 4.69. The van der Waals surface area contributed by atoms with E-state index in [1.54, 1.807) is 6.92 Å². The van der Waals surface area contributed by atoms with E-state index in [2.05, 4.69) is 15.5 Å². The number of nitrogens with zero attached hydrogens (tertiary/aromatic N) is 2. The Hall–Kier alpha value is -3.42. The zero-order chi connectivity index (χ0) is 23.4. The van der Waals surface area contributed by atoms with Gasteiger partial charge in [0.15, 0.2) is 0 Å². The van der Waals surface area contributed by atoms with Gasteiger partial charge in [0.1, 0.15) is 17.9 Å². The lowest BCUT2D eigenvalue weighted by atomic mass is 9.87. The fourth-order valence-corrected chi connectivity index (χ4v) is 4.57. The number of hydrogen-bond acceptors (Lipinski definition) is 4. The van der Waals surface area contributed by atoms with Crippen LogP contribution in [-0.4, -0.2) is 42.4 Å². The Labute approximate surface area is 192 Å². The standard InChI is InChI=1S/C25H29FN4O3/c1-2-25(18-7-9-19(26)10-8-18)23(32)30(24(33)28-25)17-22(31)27-20-11-13-21(14-12-20)29-15-5-3-4-6-16-29/h7-14H,2-6,15-17H2,1H3,(H,27,31)(H,28,33). The summed E-state index contributed by atoms with van der Waals surface area (Å²) in [7, 11) is 0. The summed E-state index contributed by atoms with van der Waals surface area (Å²) in [6.07, 6.45) is 5.16. The molecule has 0 saturated carbocycles. The third-order valence-electron chi connectivity index (χ3n) is 6.47. The Morgan fingerprint density at radius 3 is 2.24 bits per heavy atom. The first-order valence-electron chi connectivity index (χ1n) is 11.5. The second-order valence-electron chi connectivity index (χ2n) is 8.58. The second kappa shape index (κ2) is 9.60. The van der Waals surface area contributed by atoms with Gasteiger partial charge in [0.05, 0.1) is 0 Å². The van der Waals surface area contributed by atoms with Crippen LogP contribution in [0.5, 0.6) is 0 Å². The number of amides is 4. The van der Waals surface area contributed by atoms with Crippen molar-refractivity contribution in [2.75, 3.05) is 29.9 Å². The van der Waals surface area contributed by atoms with Crippen LogP contribution in [-0.2, 0) is 15.1 Å². The Kier molecular flexibility index (Phi) is 6.62. The van der Waals surface area contributed by atoms with Gasteiger partial charge in [0.25, 0.3) is 5.91 Å². The lowest BCUT2D eigenvalue weighted by Crippen LogP contribution is -2.44. The maximum Gasteiger partial charge on any atom is 0.325 e. The van der Waals surface area contributed by atoms with E-state index in [4.69, 9.17) is 0 Å². The van der Waals surface area contributed by atoms with Crippen LogP contribution in [0.3, 0.4) is 0 Å². The normalized spacial score (nSPS) is 21.0. The molecule has 0 radical (unpaired) electrons. The number of urea groups is 1. The van der Waals surface area contributed by atoms with Crippen LogP contribution < -0.4 is 15.5 Å². The fourth-order valence-electron chi connectivity index (χ4n) is 4.57. The van der Waals surface area contributed by atoms with Crippen LogP contribution in [0, 0.1) is 5.82 Å².